The summed E-state index contributed by atoms with van der Waals surface area (Å²) in [7, 11) is 0. The van der Waals surface area contributed by atoms with Crippen LogP contribution in [0, 0.1) is 0 Å². The SMILES string of the molecule is CC1=CC=CC(O)(CC2(O)C=CC=C(C)C2)C1. The minimum Gasteiger partial charge on any atom is -0.385 e. The van der Waals surface area contributed by atoms with Crippen molar-refractivity contribution in [2.24, 2.45) is 0 Å². The number of allylic oxidation sites excluding steroid dienone is 4. The van der Waals surface area contributed by atoms with Gasteiger partial charge < -0.3 is 10.2 Å². The van der Waals surface area contributed by atoms with Crippen molar-refractivity contribution < 1.29 is 10.2 Å². The fourth-order valence-corrected chi connectivity index (χ4v) is 2.76. The van der Waals surface area contributed by atoms with Gasteiger partial charge in [-0.1, -0.05) is 47.6 Å². The maximum atomic E-state index is 10.5. The molecule has 0 aromatic heterocycles. The highest BCUT2D eigenvalue weighted by Gasteiger charge is 2.37. The first kappa shape index (κ1) is 12.3. The molecule has 2 aliphatic rings. The molecule has 2 atom stereocenters. The maximum Gasteiger partial charge on any atom is 0.0898 e. The second-order valence-corrected chi connectivity index (χ2v) is 5.48. The summed E-state index contributed by atoms with van der Waals surface area (Å²) in [6.45, 7) is 4.00. The molecule has 0 aromatic carbocycles. The van der Waals surface area contributed by atoms with Crippen molar-refractivity contribution in [3.8, 4) is 0 Å². The Kier molecular flexibility index (Phi) is 3.11. The molecule has 2 rings (SSSR count). The molecule has 0 fully saturated rings. The third-order valence-corrected chi connectivity index (χ3v) is 3.36. The van der Waals surface area contributed by atoms with Crippen LogP contribution in [0.5, 0.6) is 0 Å². The van der Waals surface area contributed by atoms with Gasteiger partial charge in [0.15, 0.2) is 0 Å². The average Bonchev–Trinajstić information content (AvgIpc) is 2.14. The Labute approximate surface area is 103 Å². The summed E-state index contributed by atoms with van der Waals surface area (Å²) in [6.07, 6.45) is 12.9. The molecular weight excluding hydrogens is 212 g/mol. The highest BCUT2D eigenvalue weighted by molar-refractivity contribution is 5.29. The lowest BCUT2D eigenvalue weighted by Crippen LogP contribution is -2.40. The van der Waals surface area contributed by atoms with E-state index < -0.39 is 11.2 Å². The standard InChI is InChI=1S/C15H20O2/c1-12-5-3-7-14(16,9-12)11-15(17)8-4-6-13(2)10-15/h3-8,16-17H,9-11H2,1-2H3. The van der Waals surface area contributed by atoms with E-state index in [0.29, 0.717) is 19.3 Å². The summed E-state index contributed by atoms with van der Waals surface area (Å²) in [4.78, 5) is 0. The van der Waals surface area contributed by atoms with E-state index in [-0.39, 0.29) is 0 Å². The predicted molar refractivity (Wildman–Crippen MR) is 69.5 cm³/mol. The van der Waals surface area contributed by atoms with Crippen molar-refractivity contribution in [2.75, 3.05) is 0 Å². The highest BCUT2D eigenvalue weighted by Crippen LogP contribution is 2.35. The molecule has 0 amide bonds. The monoisotopic (exact) mass is 232 g/mol. The molecule has 92 valence electrons. The minimum absolute atomic E-state index is 0.351. The number of hydrogen-bond donors (Lipinski definition) is 2. The topological polar surface area (TPSA) is 40.5 Å². The Morgan fingerprint density at radius 2 is 1.35 bits per heavy atom. The van der Waals surface area contributed by atoms with Crippen LogP contribution in [0.4, 0.5) is 0 Å². The van der Waals surface area contributed by atoms with Gasteiger partial charge in [0.1, 0.15) is 0 Å². The van der Waals surface area contributed by atoms with E-state index in [2.05, 4.69) is 0 Å². The van der Waals surface area contributed by atoms with Crippen LogP contribution >= 0.6 is 0 Å². The van der Waals surface area contributed by atoms with Gasteiger partial charge in [-0.05, 0) is 13.8 Å². The molecule has 0 heterocycles. The largest absolute Gasteiger partial charge is 0.385 e. The molecule has 2 unspecified atom stereocenters. The molecule has 17 heavy (non-hydrogen) atoms. The normalized spacial score (nSPS) is 36.7. The van der Waals surface area contributed by atoms with Gasteiger partial charge in [-0.3, -0.25) is 0 Å². The zero-order valence-corrected chi connectivity index (χ0v) is 10.5. The molecule has 0 saturated heterocycles. The molecule has 2 heteroatoms. The van der Waals surface area contributed by atoms with Crippen LogP contribution in [0.3, 0.4) is 0 Å². The first-order valence-electron chi connectivity index (χ1n) is 6.06. The predicted octanol–water partition coefficient (Wildman–Crippen LogP) is 2.65. The van der Waals surface area contributed by atoms with Gasteiger partial charge >= 0.3 is 0 Å². The van der Waals surface area contributed by atoms with E-state index in [1.165, 1.54) is 0 Å². The molecular formula is C15H20O2. The lowest BCUT2D eigenvalue weighted by atomic mass is 9.77. The summed E-state index contributed by atoms with van der Waals surface area (Å²) in [5, 5.41) is 21.0. The Balaban J connectivity index is 2.12. The third kappa shape index (κ3) is 2.96. The van der Waals surface area contributed by atoms with E-state index in [0.717, 1.165) is 11.1 Å². The van der Waals surface area contributed by atoms with Crippen molar-refractivity contribution in [1.29, 1.82) is 0 Å². The maximum absolute atomic E-state index is 10.5. The second kappa shape index (κ2) is 4.28. The van der Waals surface area contributed by atoms with Gasteiger partial charge in [0, 0.05) is 19.3 Å². The Morgan fingerprint density at radius 3 is 1.71 bits per heavy atom. The summed E-state index contributed by atoms with van der Waals surface area (Å²) >= 11 is 0. The van der Waals surface area contributed by atoms with Gasteiger partial charge in [-0.15, -0.1) is 0 Å². The number of aliphatic hydroxyl groups is 2. The van der Waals surface area contributed by atoms with Gasteiger partial charge in [-0.2, -0.15) is 0 Å². The summed E-state index contributed by atoms with van der Waals surface area (Å²) in [5.74, 6) is 0. The van der Waals surface area contributed by atoms with Crippen LogP contribution in [0.2, 0.25) is 0 Å². The molecule has 0 aliphatic heterocycles. The summed E-state index contributed by atoms with van der Waals surface area (Å²) < 4.78 is 0. The van der Waals surface area contributed by atoms with Gasteiger partial charge in [-0.25, -0.2) is 0 Å². The molecule has 0 radical (unpaired) electrons. The zero-order valence-electron chi connectivity index (χ0n) is 10.5. The average molecular weight is 232 g/mol. The first-order valence-corrected chi connectivity index (χ1v) is 6.06. The molecule has 0 spiro atoms. The van der Waals surface area contributed by atoms with E-state index in [4.69, 9.17) is 0 Å². The van der Waals surface area contributed by atoms with E-state index in [1.54, 1.807) is 12.2 Å². The Bertz CT molecular complexity index is 388. The van der Waals surface area contributed by atoms with Crippen molar-refractivity contribution in [3.05, 3.63) is 47.6 Å². The third-order valence-electron chi connectivity index (χ3n) is 3.36. The minimum atomic E-state index is -0.921. The quantitative estimate of drug-likeness (QED) is 0.768. The van der Waals surface area contributed by atoms with Gasteiger partial charge in [0.25, 0.3) is 0 Å². The first-order chi connectivity index (χ1) is 7.91. The second-order valence-electron chi connectivity index (χ2n) is 5.48. The number of rotatable bonds is 2. The van der Waals surface area contributed by atoms with E-state index >= 15 is 0 Å². The number of hydrogen-bond acceptors (Lipinski definition) is 2. The molecule has 0 bridgehead atoms. The summed E-state index contributed by atoms with van der Waals surface area (Å²) in [6, 6.07) is 0. The van der Waals surface area contributed by atoms with Crippen molar-refractivity contribution in [1.82, 2.24) is 0 Å². The van der Waals surface area contributed by atoms with Crippen molar-refractivity contribution >= 4 is 0 Å². The van der Waals surface area contributed by atoms with E-state index in [1.807, 2.05) is 38.2 Å². The fraction of sp³-hybridized carbons (Fsp3) is 0.467. The molecule has 0 saturated carbocycles. The van der Waals surface area contributed by atoms with Crippen molar-refractivity contribution in [3.63, 3.8) is 0 Å². The fourth-order valence-electron chi connectivity index (χ4n) is 2.76. The smallest absolute Gasteiger partial charge is 0.0898 e. The molecule has 0 aromatic rings. The van der Waals surface area contributed by atoms with E-state index in [9.17, 15) is 10.2 Å². The van der Waals surface area contributed by atoms with Crippen LogP contribution in [0.15, 0.2) is 47.6 Å². The van der Waals surface area contributed by atoms with Crippen molar-refractivity contribution in [2.45, 2.75) is 44.3 Å². The summed E-state index contributed by atoms with van der Waals surface area (Å²) in [5.41, 5.74) is 0.446. The van der Waals surface area contributed by atoms with Crippen LogP contribution < -0.4 is 0 Å². The van der Waals surface area contributed by atoms with Crippen LogP contribution in [-0.4, -0.2) is 21.4 Å². The Morgan fingerprint density at radius 1 is 0.941 bits per heavy atom. The molecule has 2 N–H and O–H groups in total. The zero-order chi connectivity index (χ0) is 12.5. The highest BCUT2D eigenvalue weighted by atomic mass is 16.3. The van der Waals surface area contributed by atoms with Crippen LogP contribution in [-0.2, 0) is 0 Å². The van der Waals surface area contributed by atoms with Crippen LogP contribution in [0.25, 0.3) is 0 Å². The van der Waals surface area contributed by atoms with Crippen LogP contribution in [0.1, 0.15) is 33.1 Å². The van der Waals surface area contributed by atoms with Gasteiger partial charge in [0.2, 0.25) is 0 Å². The lowest BCUT2D eigenvalue weighted by Gasteiger charge is -2.36. The molecule has 2 nitrogen and oxygen atoms in total. The lowest BCUT2D eigenvalue weighted by molar-refractivity contribution is -0.0129. The molecule has 2 aliphatic carbocycles. The van der Waals surface area contributed by atoms with Gasteiger partial charge in [0.05, 0.1) is 11.2 Å². The Hall–Kier alpha value is -1.12.